The molecule has 2 fully saturated rings. The first-order valence-electron chi connectivity index (χ1n) is 10.6. The minimum atomic E-state index is -0.0641. The van der Waals surface area contributed by atoms with Gasteiger partial charge in [0.1, 0.15) is 0 Å². The molecule has 1 saturated carbocycles. The Hall–Kier alpha value is -1.59. The first kappa shape index (κ1) is 20.2. The third-order valence-corrected chi connectivity index (χ3v) is 6.35. The Labute approximate surface area is 164 Å². The SMILES string of the molecule is CN(Cc1ccccc1CNC(=O)NC[C@H]1CCCN1C)C1CCCCC1. The Balaban J connectivity index is 1.47. The van der Waals surface area contributed by atoms with Gasteiger partial charge in [-0.05, 0) is 57.5 Å². The first-order valence-corrected chi connectivity index (χ1v) is 10.6. The lowest BCUT2D eigenvalue weighted by Crippen LogP contribution is -2.42. The maximum Gasteiger partial charge on any atom is 0.315 e. The van der Waals surface area contributed by atoms with Crippen LogP contribution in [0, 0.1) is 0 Å². The summed E-state index contributed by atoms with van der Waals surface area (Å²) in [5.41, 5.74) is 2.54. The molecule has 1 aromatic carbocycles. The largest absolute Gasteiger partial charge is 0.337 e. The molecule has 1 heterocycles. The van der Waals surface area contributed by atoms with Gasteiger partial charge in [0, 0.05) is 31.7 Å². The van der Waals surface area contributed by atoms with E-state index < -0.39 is 0 Å². The van der Waals surface area contributed by atoms with Crippen LogP contribution in [0.15, 0.2) is 24.3 Å². The second kappa shape index (κ2) is 10.1. The molecule has 150 valence electrons. The quantitative estimate of drug-likeness (QED) is 0.772. The Bertz CT molecular complexity index is 600. The lowest BCUT2D eigenvalue weighted by Gasteiger charge is -2.31. The summed E-state index contributed by atoms with van der Waals surface area (Å²) in [6.45, 7) is 3.41. The van der Waals surface area contributed by atoms with E-state index in [0.717, 1.165) is 19.6 Å². The average molecular weight is 373 g/mol. The fraction of sp³-hybridized carbons (Fsp3) is 0.682. The Kier molecular flexibility index (Phi) is 7.53. The number of carbonyl (C=O) groups is 1. The van der Waals surface area contributed by atoms with E-state index in [2.05, 4.69) is 58.8 Å². The van der Waals surface area contributed by atoms with Crippen LogP contribution < -0.4 is 10.6 Å². The summed E-state index contributed by atoms with van der Waals surface area (Å²) in [7, 11) is 4.38. The fourth-order valence-corrected chi connectivity index (χ4v) is 4.49. The monoisotopic (exact) mass is 372 g/mol. The third kappa shape index (κ3) is 5.94. The van der Waals surface area contributed by atoms with Crippen molar-refractivity contribution in [3.05, 3.63) is 35.4 Å². The minimum Gasteiger partial charge on any atom is -0.337 e. The lowest BCUT2D eigenvalue weighted by atomic mass is 9.94. The van der Waals surface area contributed by atoms with Crippen molar-refractivity contribution in [2.75, 3.05) is 27.2 Å². The highest BCUT2D eigenvalue weighted by Gasteiger charge is 2.21. The van der Waals surface area contributed by atoms with Crippen LogP contribution in [-0.2, 0) is 13.1 Å². The van der Waals surface area contributed by atoms with Crippen LogP contribution in [0.3, 0.4) is 0 Å². The van der Waals surface area contributed by atoms with E-state index in [-0.39, 0.29) is 6.03 Å². The molecule has 27 heavy (non-hydrogen) atoms. The van der Waals surface area contributed by atoms with E-state index in [1.807, 2.05) is 0 Å². The van der Waals surface area contributed by atoms with E-state index in [0.29, 0.717) is 18.6 Å². The Morgan fingerprint density at radius 2 is 1.81 bits per heavy atom. The number of hydrogen-bond donors (Lipinski definition) is 2. The molecule has 1 aliphatic heterocycles. The number of likely N-dealkylation sites (N-methyl/N-ethyl adjacent to an activating group) is 1. The summed E-state index contributed by atoms with van der Waals surface area (Å²) < 4.78 is 0. The lowest BCUT2D eigenvalue weighted by molar-refractivity contribution is 0.184. The molecule has 1 aliphatic carbocycles. The van der Waals surface area contributed by atoms with Gasteiger partial charge in [-0.3, -0.25) is 4.90 Å². The molecule has 5 nitrogen and oxygen atoms in total. The molecule has 0 spiro atoms. The number of nitrogens with one attached hydrogen (secondary N) is 2. The van der Waals surface area contributed by atoms with Crippen molar-refractivity contribution >= 4 is 6.03 Å². The molecular formula is C22H36N4O. The second-order valence-electron chi connectivity index (χ2n) is 8.32. The summed E-state index contributed by atoms with van der Waals surface area (Å²) in [6, 6.07) is 9.61. The van der Waals surface area contributed by atoms with Crippen molar-refractivity contribution in [1.29, 1.82) is 0 Å². The summed E-state index contributed by atoms with van der Waals surface area (Å²) in [5, 5.41) is 6.08. The molecule has 1 atom stereocenters. The van der Waals surface area contributed by atoms with Crippen LogP contribution in [0.5, 0.6) is 0 Å². The number of carbonyl (C=O) groups excluding carboxylic acids is 1. The molecule has 0 bridgehead atoms. The van der Waals surface area contributed by atoms with Crippen molar-refractivity contribution in [3.63, 3.8) is 0 Å². The van der Waals surface area contributed by atoms with E-state index in [9.17, 15) is 4.79 Å². The van der Waals surface area contributed by atoms with Gasteiger partial charge in [0.2, 0.25) is 0 Å². The number of nitrogens with zero attached hydrogens (tertiary/aromatic N) is 2. The molecule has 2 amide bonds. The van der Waals surface area contributed by atoms with Crippen LogP contribution in [0.1, 0.15) is 56.1 Å². The number of likely N-dealkylation sites (tertiary alicyclic amines) is 1. The Morgan fingerprint density at radius 3 is 2.52 bits per heavy atom. The van der Waals surface area contributed by atoms with Gasteiger partial charge in [0.25, 0.3) is 0 Å². The van der Waals surface area contributed by atoms with E-state index in [1.165, 1.54) is 56.1 Å². The third-order valence-electron chi connectivity index (χ3n) is 6.35. The zero-order chi connectivity index (χ0) is 19.1. The molecule has 0 unspecified atom stereocenters. The average Bonchev–Trinajstić information content (AvgIpc) is 3.11. The molecule has 0 aromatic heterocycles. The predicted molar refractivity (Wildman–Crippen MR) is 111 cm³/mol. The molecule has 3 rings (SSSR count). The highest BCUT2D eigenvalue weighted by molar-refractivity contribution is 5.73. The maximum atomic E-state index is 12.2. The van der Waals surface area contributed by atoms with E-state index in [1.54, 1.807) is 0 Å². The van der Waals surface area contributed by atoms with Gasteiger partial charge in [-0.15, -0.1) is 0 Å². The maximum absolute atomic E-state index is 12.2. The number of benzene rings is 1. The van der Waals surface area contributed by atoms with Crippen LogP contribution in [-0.4, -0.2) is 55.1 Å². The number of rotatable bonds is 7. The Morgan fingerprint density at radius 1 is 1.07 bits per heavy atom. The standard InChI is InChI=1S/C22H36N4O/c1-25-14-8-13-21(25)16-24-22(27)23-15-18-9-6-7-10-19(18)17-26(2)20-11-4-3-5-12-20/h6-7,9-10,20-21H,3-5,8,11-17H2,1-2H3,(H2,23,24,27)/t21-/m1/s1. The summed E-state index contributed by atoms with van der Waals surface area (Å²) in [6.07, 6.45) is 9.13. The molecule has 1 aromatic rings. The van der Waals surface area contributed by atoms with Crippen LogP contribution in [0.4, 0.5) is 4.79 Å². The molecule has 0 radical (unpaired) electrons. The summed E-state index contributed by atoms with van der Waals surface area (Å²) >= 11 is 0. The van der Waals surface area contributed by atoms with E-state index in [4.69, 9.17) is 0 Å². The zero-order valence-corrected chi connectivity index (χ0v) is 17.0. The van der Waals surface area contributed by atoms with Gasteiger partial charge in [0.15, 0.2) is 0 Å². The van der Waals surface area contributed by atoms with Crippen molar-refractivity contribution in [1.82, 2.24) is 20.4 Å². The van der Waals surface area contributed by atoms with Crippen molar-refractivity contribution < 1.29 is 4.79 Å². The van der Waals surface area contributed by atoms with E-state index >= 15 is 0 Å². The van der Waals surface area contributed by atoms with Crippen molar-refractivity contribution in [3.8, 4) is 0 Å². The molecule has 1 saturated heterocycles. The number of hydrogen-bond acceptors (Lipinski definition) is 3. The smallest absolute Gasteiger partial charge is 0.315 e. The van der Waals surface area contributed by atoms with Crippen LogP contribution in [0.2, 0.25) is 0 Å². The summed E-state index contributed by atoms with van der Waals surface area (Å²) in [4.78, 5) is 17.0. The predicted octanol–water partition coefficient (Wildman–Crippen LogP) is 3.34. The van der Waals surface area contributed by atoms with Gasteiger partial charge >= 0.3 is 6.03 Å². The van der Waals surface area contributed by atoms with Gasteiger partial charge < -0.3 is 15.5 Å². The van der Waals surface area contributed by atoms with Gasteiger partial charge in [-0.2, -0.15) is 0 Å². The molecule has 2 N–H and O–H groups in total. The van der Waals surface area contributed by atoms with Gasteiger partial charge in [-0.1, -0.05) is 43.5 Å². The van der Waals surface area contributed by atoms with Gasteiger partial charge in [-0.25, -0.2) is 4.79 Å². The summed E-state index contributed by atoms with van der Waals surface area (Å²) in [5.74, 6) is 0. The fourth-order valence-electron chi connectivity index (χ4n) is 4.49. The molecular weight excluding hydrogens is 336 g/mol. The molecule has 5 heteroatoms. The zero-order valence-electron chi connectivity index (χ0n) is 17.0. The van der Waals surface area contributed by atoms with Crippen LogP contribution >= 0.6 is 0 Å². The topological polar surface area (TPSA) is 47.6 Å². The van der Waals surface area contributed by atoms with Crippen LogP contribution in [0.25, 0.3) is 0 Å². The normalized spacial score (nSPS) is 21.5. The highest BCUT2D eigenvalue weighted by Crippen LogP contribution is 2.23. The molecule has 2 aliphatic rings. The first-order chi connectivity index (χ1) is 13.1. The van der Waals surface area contributed by atoms with Crippen molar-refractivity contribution in [2.45, 2.75) is 70.1 Å². The second-order valence-corrected chi connectivity index (χ2v) is 8.32. The highest BCUT2D eigenvalue weighted by atomic mass is 16.2. The minimum absolute atomic E-state index is 0.0641. The van der Waals surface area contributed by atoms with Gasteiger partial charge in [0.05, 0.1) is 0 Å². The van der Waals surface area contributed by atoms with Crippen molar-refractivity contribution in [2.24, 2.45) is 0 Å². The number of amides is 2. The number of urea groups is 1.